The third kappa shape index (κ3) is 4.42. The number of anilines is 2. The van der Waals surface area contributed by atoms with Gasteiger partial charge >= 0.3 is 5.69 Å². The van der Waals surface area contributed by atoms with E-state index < -0.39 is 4.92 Å². The lowest BCUT2D eigenvalue weighted by Crippen LogP contribution is -2.04. The maximum atomic E-state index is 10.9. The number of nitriles is 3. The molecule has 24 heavy (non-hydrogen) atoms. The van der Waals surface area contributed by atoms with E-state index in [1.165, 1.54) is 25.4 Å². The van der Waals surface area contributed by atoms with Crippen LogP contribution in [0, 0.1) is 44.1 Å². The smallest absolute Gasteiger partial charge is 0.311 e. The monoisotopic (exact) mass is 321 g/mol. The third-order valence-corrected chi connectivity index (χ3v) is 2.66. The summed E-state index contributed by atoms with van der Waals surface area (Å²) in [5, 5.41) is 42.6. The van der Waals surface area contributed by atoms with Crippen molar-refractivity contribution in [3.05, 3.63) is 58.0 Å². The first-order valence-electron chi connectivity index (χ1n) is 6.44. The van der Waals surface area contributed by atoms with Crippen LogP contribution in [0.3, 0.4) is 0 Å². The first kappa shape index (κ1) is 17.9. The number of rotatable bonds is 6. The lowest BCUT2D eigenvalue weighted by Gasteiger charge is -2.08. The van der Waals surface area contributed by atoms with Crippen LogP contribution in [0.25, 0.3) is 0 Å². The van der Waals surface area contributed by atoms with E-state index in [0.29, 0.717) is 0 Å². The molecular weight excluding hydrogens is 310 g/mol. The second-order valence-electron chi connectivity index (χ2n) is 4.05. The molecule has 0 bridgehead atoms. The molecule has 0 aliphatic rings. The zero-order chi connectivity index (χ0) is 17.9. The fourth-order valence-electron chi connectivity index (χ4n) is 1.61. The van der Waals surface area contributed by atoms with Crippen LogP contribution in [-0.4, -0.2) is 17.0 Å². The highest BCUT2D eigenvalue weighted by molar-refractivity contribution is 5.76. The number of hydrogen-bond donors (Lipinski definition) is 2. The number of pyridine rings is 1. The van der Waals surface area contributed by atoms with Crippen LogP contribution >= 0.6 is 0 Å². The van der Waals surface area contributed by atoms with Gasteiger partial charge < -0.3 is 10.6 Å². The minimum Gasteiger partial charge on any atom is -0.381 e. The van der Waals surface area contributed by atoms with Gasteiger partial charge in [0.2, 0.25) is 0 Å². The number of aromatic nitrogens is 1. The second kappa shape index (κ2) is 8.98. The van der Waals surface area contributed by atoms with Crippen LogP contribution in [0.4, 0.5) is 17.2 Å². The molecule has 0 amide bonds. The van der Waals surface area contributed by atoms with E-state index in [9.17, 15) is 15.4 Å². The molecule has 1 rings (SSSR count). The fourth-order valence-corrected chi connectivity index (χ4v) is 1.61. The summed E-state index contributed by atoms with van der Waals surface area (Å²) in [6.45, 7) is 0. The summed E-state index contributed by atoms with van der Waals surface area (Å²) < 4.78 is 0. The SMILES string of the molecule is CNc1c([N+](=O)[O-])cnc(N/C=C/C=C/C=C(C#N)C#N)c1C#N. The first-order chi connectivity index (χ1) is 11.6. The van der Waals surface area contributed by atoms with Crippen molar-refractivity contribution >= 4 is 17.2 Å². The van der Waals surface area contributed by atoms with E-state index >= 15 is 0 Å². The Balaban J connectivity index is 2.96. The molecule has 9 nitrogen and oxygen atoms in total. The molecule has 0 aliphatic carbocycles. The first-order valence-corrected chi connectivity index (χ1v) is 6.44. The summed E-state index contributed by atoms with van der Waals surface area (Å²) in [6.07, 6.45) is 8.44. The van der Waals surface area contributed by atoms with Crippen molar-refractivity contribution in [2.45, 2.75) is 0 Å². The summed E-state index contributed by atoms with van der Waals surface area (Å²) in [4.78, 5) is 14.2. The van der Waals surface area contributed by atoms with E-state index in [2.05, 4.69) is 15.6 Å². The molecule has 0 spiro atoms. The molecule has 0 aromatic carbocycles. The summed E-state index contributed by atoms with van der Waals surface area (Å²) >= 11 is 0. The van der Waals surface area contributed by atoms with E-state index in [0.717, 1.165) is 6.20 Å². The van der Waals surface area contributed by atoms with Crippen LogP contribution in [0.15, 0.2) is 42.3 Å². The van der Waals surface area contributed by atoms with Crippen molar-refractivity contribution < 1.29 is 4.92 Å². The van der Waals surface area contributed by atoms with Crippen molar-refractivity contribution in [1.82, 2.24) is 4.98 Å². The topological polar surface area (TPSA) is 151 Å². The minimum absolute atomic E-state index is 0.0106. The summed E-state index contributed by atoms with van der Waals surface area (Å²) in [5.74, 6) is 0.155. The molecule has 0 atom stereocenters. The Bertz CT molecular complexity index is 832. The van der Waals surface area contributed by atoms with Gasteiger partial charge in [0.1, 0.15) is 41.2 Å². The number of allylic oxidation sites excluding steroid dienone is 5. The average molecular weight is 321 g/mol. The molecule has 0 saturated heterocycles. The van der Waals surface area contributed by atoms with Crippen LogP contribution in [0.1, 0.15) is 5.56 Å². The van der Waals surface area contributed by atoms with Gasteiger partial charge in [-0.15, -0.1) is 0 Å². The zero-order valence-corrected chi connectivity index (χ0v) is 12.5. The predicted molar refractivity (Wildman–Crippen MR) is 86.4 cm³/mol. The van der Waals surface area contributed by atoms with Crippen LogP contribution < -0.4 is 10.6 Å². The maximum absolute atomic E-state index is 10.9. The summed E-state index contributed by atoms with van der Waals surface area (Å²) in [6, 6.07) is 5.29. The Morgan fingerprint density at radius 2 is 2.00 bits per heavy atom. The Hall–Kier alpha value is -4.16. The number of nitro groups is 1. The average Bonchev–Trinajstić information content (AvgIpc) is 2.60. The minimum atomic E-state index is -0.629. The molecule has 1 heterocycles. The Morgan fingerprint density at radius 3 is 2.54 bits per heavy atom. The van der Waals surface area contributed by atoms with Gasteiger partial charge in [0.25, 0.3) is 0 Å². The van der Waals surface area contributed by atoms with Gasteiger partial charge in [-0.2, -0.15) is 15.8 Å². The molecule has 9 heteroatoms. The number of hydrogen-bond acceptors (Lipinski definition) is 8. The highest BCUT2D eigenvalue weighted by atomic mass is 16.6. The van der Waals surface area contributed by atoms with Crippen molar-refractivity contribution in [1.29, 1.82) is 15.8 Å². The quantitative estimate of drug-likeness (QED) is 0.350. The van der Waals surface area contributed by atoms with Gasteiger partial charge in [0.15, 0.2) is 5.82 Å². The normalized spacial score (nSPS) is 9.75. The molecule has 0 saturated carbocycles. The van der Waals surface area contributed by atoms with Crippen molar-refractivity contribution in [2.24, 2.45) is 0 Å². The lowest BCUT2D eigenvalue weighted by atomic mass is 10.2. The number of nitrogens with zero attached hydrogens (tertiary/aromatic N) is 5. The van der Waals surface area contributed by atoms with E-state index in [-0.39, 0.29) is 28.3 Å². The van der Waals surface area contributed by atoms with Gasteiger partial charge in [0, 0.05) is 13.2 Å². The Labute approximate surface area is 137 Å². The van der Waals surface area contributed by atoms with Crippen molar-refractivity contribution in [2.75, 3.05) is 17.7 Å². The molecule has 1 aromatic rings. The highest BCUT2D eigenvalue weighted by Crippen LogP contribution is 2.30. The zero-order valence-electron chi connectivity index (χ0n) is 12.5. The molecule has 0 aliphatic heterocycles. The molecule has 1 aromatic heterocycles. The third-order valence-electron chi connectivity index (χ3n) is 2.66. The molecular formula is C15H11N7O2. The fraction of sp³-hybridized carbons (Fsp3) is 0.0667. The molecule has 0 unspecified atom stereocenters. The Kier molecular flexibility index (Phi) is 6.69. The largest absolute Gasteiger partial charge is 0.381 e. The number of nitrogens with one attached hydrogen (secondary N) is 2. The van der Waals surface area contributed by atoms with Crippen LogP contribution in [-0.2, 0) is 0 Å². The van der Waals surface area contributed by atoms with E-state index in [4.69, 9.17) is 10.5 Å². The van der Waals surface area contributed by atoms with Crippen molar-refractivity contribution in [3.8, 4) is 18.2 Å². The standard InChI is InChI=1S/C15H11N7O2/c1-19-14-12(9-18)15(21-10-13(14)22(23)24)20-6-4-2-3-5-11(7-16)8-17/h2-6,10H,1H3,(H2,19,20,21)/b3-2+,6-4+. The van der Waals surface area contributed by atoms with Gasteiger partial charge in [-0.1, -0.05) is 12.2 Å². The second-order valence-corrected chi connectivity index (χ2v) is 4.05. The Morgan fingerprint density at radius 1 is 1.29 bits per heavy atom. The van der Waals surface area contributed by atoms with Crippen LogP contribution in [0.2, 0.25) is 0 Å². The summed E-state index contributed by atoms with van der Waals surface area (Å²) in [5.41, 5.74) is -0.250. The van der Waals surface area contributed by atoms with Gasteiger partial charge in [0.05, 0.1) is 4.92 Å². The van der Waals surface area contributed by atoms with Gasteiger partial charge in [-0.25, -0.2) is 4.98 Å². The molecule has 118 valence electrons. The lowest BCUT2D eigenvalue weighted by molar-refractivity contribution is -0.384. The predicted octanol–water partition coefficient (Wildman–Crippen LogP) is 2.36. The van der Waals surface area contributed by atoms with Gasteiger partial charge in [-0.05, 0) is 12.2 Å². The van der Waals surface area contributed by atoms with Gasteiger partial charge in [-0.3, -0.25) is 10.1 Å². The molecule has 0 radical (unpaired) electrons. The van der Waals surface area contributed by atoms with E-state index in [1.54, 1.807) is 24.3 Å². The van der Waals surface area contributed by atoms with Crippen molar-refractivity contribution in [3.63, 3.8) is 0 Å². The van der Waals surface area contributed by atoms with Crippen LogP contribution in [0.5, 0.6) is 0 Å². The highest BCUT2D eigenvalue weighted by Gasteiger charge is 2.20. The van der Waals surface area contributed by atoms with E-state index in [1.807, 2.05) is 6.07 Å². The summed E-state index contributed by atoms with van der Waals surface area (Å²) in [7, 11) is 1.47. The molecule has 0 fully saturated rings. The molecule has 2 N–H and O–H groups in total. The maximum Gasteiger partial charge on any atom is 0.311 e.